The highest BCUT2D eigenvalue weighted by molar-refractivity contribution is 7.07. The summed E-state index contributed by atoms with van der Waals surface area (Å²) in [7, 11) is 0. The summed E-state index contributed by atoms with van der Waals surface area (Å²) in [4.78, 5) is 16.4. The Morgan fingerprint density at radius 3 is 2.46 bits per heavy atom. The van der Waals surface area contributed by atoms with Crippen molar-refractivity contribution in [3.8, 4) is 0 Å². The lowest BCUT2D eigenvalue weighted by atomic mass is 10.1. The third-order valence-corrected chi connectivity index (χ3v) is 4.38. The second-order valence-electron chi connectivity index (χ2n) is 7.33. The Morgan fingerprint density at radius 1 is 1.11 bits per heavy atom. The highest BCUT2D eigenvalue weighted by Gasteiger charge is 2.16. The summed E-state index contributed by atoms with van der Waals surface area (Å²) in [5, 5.41) is 13.5. The number of rotatable bonds is 7. The van der Waals surface area contributed by atoms with E-state index in [-0.39, 0.29) is 0 Å². The summed E-state index contributed by atoms with van der Waals surface area (Å²) in [5.74, 6) is 0.817. The van der Waals surface area contributed by atoms with E-state index in [0.717, 1.165) is 31.2 Å². The summed E-state index contributed by atoms with van der Waals surface area (Å²) in [5.41, 5.74) is 2.60. The van der Waals surface area contributed by atoms with Gasteiger partial charge in [-0.2, -0.15) is 11.3 Å². The molecule has 0 aliphatic heterocycles. The zero-order chi connectivity index (χ0) is 20.4. The van der Waals surface area contributed by atoms with Gasteiger partial charge in [-0.1, -0.05) is 12.1 Å². The number of carbonyl (C=O) groups is 1. The van der Waals surface area contributed by atoms with Crippen LogP contribution in [0.15, 0.2) is 46.1 Å². The molecule has 1 amide bonds. The molecule has 2 aromatic rings. The van der Waals surface area contributed by atoms with Gasteiger partial charge in [-0.25, -0.2) is 9.79 Å². The molecule has 0 bridgehead atoms. The predicted octanol–water partition coefficient (Wildman–Crippen LogP) is 4.39. The number of anilines is 1. The first-order chi connectivity index (χ1) is 13.4. The van der Waals surface area contributed by atoms with Gasteiger partial charge in [-0.3, -0.25) is 5.32 Å². The summed E-state index contributed by atoms with van der Waals surface area (Å²) in [6.45, 7) is 9.84. The number of benzene rings is 1. The highest BCUT2D eigenvalue weighted by atomic mass is 32.1. The van der Waals surface area contributed by atoms with Gasteiger partial charge >= 0.3 is 6.09 Å². The largest absolute Gasteiger partial charge is 0.444 e. The van der Waals surface area contributed by atoms with Gasteiger partial charge in [-0.05, 0) is 74.2 Å². The normalized spacial score (nSPS) is 11.8. The molecule has 152 valence electrons. The third-order valence-electron chi connectivity index (χ3n) is 3.65. The maximum absolute atomic E-state index is 11.8. The van der Waals surface area contributed by atoms with Crippen LogP contribution in [0.3, 0.4) is 0 Å². The molecule has 7 heteroatoms. The second kappa shape index (κ2) is 10.7. The van der Waals surface area contributed by atoms with Crippen molar-refractivity contribution in [2.24, 2.45) is 4.99 Å². The number of aliphatic imine (C=N–C) groups is 1. The fourth-order valence-corrected chi connectivity index (χ4v) is 3.06. The van der Waals surface area contributed by atoms with Crippen LogP contribution >= 0.6 is 11.3 Å². The molecule has 28 heavy (non-hydrogen) atoms. The Kier molecular flexibility index (Phi) is 8.32. The molecule has 1 aromatic carbocycles. The van der Waals surface area contributed by atoms with Gasteiger partial charge in [0.1, 0.15) is 5.60 Å². The number of amides is 1. The van der Waals surface area contributed by atoms with E-state index >= 15 is 0 Å². The second-order valence-corrected chi connectivity index (χ2v) is 8.11. The zero-order valence-corrected chi connectivity index (χ0v) is 17.9. The van der Waals surface area contributed by atoms with Gasteiger partial charge in [0.15, 0.2) is 5.96 Å². The van der Waals surface area contributed by atoms with Crippen molar-refractivity contribution in [3.05, 3.63) is 52.2 Å². The van der Waals surface area contributed by atoms with Crippen LogP contribution in [0.2, 0.25) is 0 Å². The number of carbonyl (C=O) groups excluding carboxylic acids is 1. The van der Waals surface area contributed by atoms with Gasteiger partial charge < -0.3 is 15.4 Å². The number of hydrogen-bond acceptors (Lipinski definition) is 4. The fourth-order valence-electron chi connectivity index (χ4n) is 2.40. The lowest BCUT2D eigenvalue weighted by molar-refractivity contribution is 0.0636. The van der Waals surface area contributed by atoms with Crippen LogP contribution < -0.4 is 16.0 Å². The van der Waals surface area contributed by atoms with Crippen LogP contribution in [0.5, 0.6) is 0 Å². The first kappa shape index (κ1) is 21.8. The average molecular weight is 403 g/mol. The Labute approximate surface area is 171 Å². The van der Waals surface area contributed by atoms with Gasteiger partial charge in [0.25, 0.3) is 0 Å². The average Bonchev–Trinajstić information content (AvgIpc) is 3.13. The molecule has 0 unspecified atom stereocenters. The molecule has 3 N–H and O–H groups in total. The van der Waals surface area contributed by atoms with Gasteiger partial charge in [0, 0.05) is 18.8 Å². The van der Waals surface area contributed by atoms with E-state index in [1.807, 2.05) is 45.0 Å². The van der Waals surface area contributed by atoms with Crippen LogP contribution in [0, 0.1) is 0 Å². The van der Waals surface area contributed by atoms with Crippen molar-refractivity contribution in [2.45, 2.75) is 46.3 Å². The van der Waals surface area contributed by atoms with Crippen LogP contribution in [0.1, 0.15) is 38.8 Å². The van der Waals surface area contributed by atoms with Gasteiger partial charge in [-0.15, -0.1) is 0 Å². The van der Waals surface area contributed by atoms with E-state index < -0.39 is 11.7 Å². The molecule has 0 aliphatic rings. The number of ether oxygens (including phenoxy) is 1. The van der Waals surface area contributed by atoms with Crippen molar-refractivity contribution in [2.75, 3.05) is 18.4 Å². The standard InChI is InChI=1S/C21H30N4O2S/c1-5-22-19(24-14-17-11-13-28-15-17)23-12-10-16-6-8-18(9-7-16)25-20(26)27-21(2,3)4/h6-9,11,13,15H,5,10,12,14H2,1-4H3,(H,25,26)(H2,22,23,24). The molecule has 0 fully saturated rings. The fraction of sp³-hybridized carbons (Fsp3) is 0.429. The maximum Gasteiger partial charge on any atom is 0.412 e. The number of nitrogens with zero attached hydrogens (tertiary/aromatic N) is 1. The minimum Gasteiger partial charge on any atom is -0.444 e. The molecule has 0 atom stereocenters. The molecule has 0 spiro atoms. The van der Waals surface area contributed by atoms with Crippen LogP contribution in [0.4, 0.5) is 10.5 Å². The number of nitrogens with one attached hydrogen (secondary N) is 3. The molecule has 1 heterocycles. The lowest BCUT2D eigenvalue weighted by Crippen LogP contribution is -2.38. The third kappa shape index (κ3) is 8.43. The molecule has 0 saturated carbocycles. The van der Waals surface area contributed by atoms with Crippen molar-refractivity contribution in [3.63, 3.8) is 0 Å². The van der Waals surface area contributed by atoms with Crippen molar-refractivity contribution < 1.29 is 9.53 Å². The minimum atomic E-state index is -0.509. The first-order valence-electron chi connectivity index (χ1n) is 9.48. The molecule has 0 radical (unpaired) electrons. The van der Waals surface area contributed by atoms with Crippen LogP contribution in [-0.2, 0) is 17.7 Å². The van der Waals surface area contributed by atoms with Gasteiger partial charge in [0.05, 0.1) is 6.54 Å². The predicted molar refractivity (Wildman–Crippen MR) is 117 cm³/mol. The quantitative estimate of drug-likeness (QED) is 0.474. The van der Waals surface area contributed by atoms with E-state index in [1.54, 1.807) is 11.3 Å². The Balaban J connectivity index is 1.79. The number of guanidine groups is 1. The van der Waals surface area contributed by atoms with Crippen LogP contribution in [-0.4, -0.2) is 30.7 Å². The smallest absolute Gasteiger partial charge is 0.412 e. The summed E-state index contributed by atoms with van der Waals surface area (Å²) >= 11 is 1.68. The minimum absolute atomic E-state index is 0.445. The topological polar surface area (TPSA) is 74.8 Å². The Hall–Kier alpha value is -2.54. The molecule has 0 saturated heterocycles. The van der Waals surface area contributed by atoms with E-state index in [9.17, 15) is 4.79 Å². The van der Waals surface area contributed by atoms with Crippen LogP contribution in [0.25, 0.3) is 0 Å². The van der Waals surface area contributed by atoms with E-state index in [4.69, 9.17) is 4.74 Å². The molecule has 1 aromatic heterocycles. The van der Waals surface area contributed by atoms with E-state index in [2.05, 4.69) is 44.7 Å². The molecule has 6 nitrogen and oxygen atoms in total. The molecule has 2 rings (SSSR count). The molecule has 0 aliphatic carbocycles. The lowest BCUT2D eigenvalue weighted by Gasteiger charge is -2.19. The summed E-state index contributed by atoms with van der Waals surface area (Å²) in [6.07, 6.45) is 0.411. The van der Waals surface area contributed by atoms with E-state index in [0.29, 0.717) is 6.54 Å². The zero-order valence-electron chi connectivity index (χ0n) is 17.0. The summed E-state index contributed by atoms with van der Waals surface area (Å²) < 4.78 is 5.26. The van der Waals surface area contributed by atoms with E-state index in [1.165, 1.54) is 11.1 Å². The SMILES string of the molecule is CCNC(=NCc1ccsc1)NCCc1ccc(NC(=O)OC(C)(C)C)cc1. The van der Waals surface area contributed by atoms with Crippen molar-refractivity contribution in [1.29, 1.82) is 0 Å². The van der Waals surface area contributed by atoms with Crippen molar-refractivity contribution in [1.82, 2.24) is 10.6 Å². The van der Waals surface area contributed by atoms with Gasteiger partial charge in [0.2, 0.25) is 0 Å². The monoisotopic (exact) mass is 402 g/mol. The molecular formula is C21H30N4O2S. The summed E-state index contributed by atoms with van der Waals surface area (Å²) in [6, 6.07) is 9.86. The Bertz CT molecular complexity index is 750. The van der Waals surface area contributed by atoms with Crippen molar-refractivity contribution >= 4 is 29.1 Å². The maximum atomic E-state index is 11.8. The number of thiophene rings is 1. The Morgan fingerprint density at radius 2 is 1.86 bits per heavy atom. The molecular weight excluding hydrogens is 372 g/mol. The highest BCUT2D eigenvalue weighted by Crippen LogP contribution is 2.13. The number of hydrogen-bond donors (Lipinski definition) is 3. The first-order valence-corrected chi connectivity index (χ1v) is 10.4.